The van der Waals surface area contributed by atoms with E-state index < -0.39 is 11.4 Å². The van der Waals surface area contributed by atoms with Crippen LogP contribution in [0, 0.1) is 23.1 Å². The molecular weight excluding hydrogens is 407 g/mol. The molecule has 32 heavy (non-hydrogen) atoms. The minimum Gasteiger partial charge on any atom is -0.494 e. The normalized spacial score (nSPS) is 27.9. The summed E-state index contributed by atoms with van der Waals surface area (Å²) in [6.07, 6.45) is 8.36. The second-order valence-electron chi connectivity index (χ2n) is 10.4. The Balaban J connectivity index is 1.29. The van der Waals surface area contributed by atoms with Gasteiger partial charge in [-0.25, -0.2) is 4.39 Å². The summed E-state index contributed by atoms with van der Waals surface area (Å²) in [6.45, 7) is 5.39. The van der Waals surface area contributed by atoms with Crippen molar-refractivity contribution in [1.29, 1.82) is 0 Å². The van der Waals surface area contributed by atoms with Gasteiger partial charge in [-0.15, -0.1) is 0 Å². The number of nitrogens with one attached hydrogen (secondary N) is 2. The zero-order valence-electron chi connectivity index (χ0n) is 19.4. The standard InChI is InChI=1S/C26H35FN2O3/c1-25(2)19-6-5-18(20(25)15-19)10-13-28-23(30)8-11-26(12-9-24(31)29-26)16-17-4-7-21(27)22(14-17)32-3/h4-5,7,14,19-20H,6,8-13,15-16H2,1-3H3,(H,28,30)(H,29,31)/t19-,20-,26+/m0/s1. The first-order chi connectivity index (χ1) is 15.2. The van der Waals surface area contributed by atoms with Crippen LogP contribution in [0.5, 0.6) is 5.75 Å². The fourth-order valence-electron chi connectivity index (χ4n) is 5.93. The van der Waals surface area contributed by atoms with Crippen LogP contribution in [-0.4, -0.2) is 31.0 Å². The van der Waals surface area contributed by atoms with E-state index in [0.29, 0.717) is 50.0 Å². The summed E-state index contributed by atoms with van der Waals surface area (Å²) in [4.78, 5) is 24.6. The molecule has 0 aromatic heterocycles. The van der Waals surface area contributed by atoms with Crippen LogP contribution in [0.15, 0.2) is 29.8 Å². The van der Waals surface area contributed by atoms with Crippen LogP contribution in [-0.2, 0) is 16.0 Å². The van der Waals surface area contributed by atoms with Gasteiger partial charge in [0.2, 0.25) is 11.8 Å². The maximum absolute atomic E-state index is 13.8. The summed E-state index contributed by atoms with van der Waals surface area (Å²) in [6, 6.07) is 4.78. The number of allylic oxidation sites excluding steroid dienone is 1. The van der Waals surface area contributed by atoms with Crippen LogP contribution in [0.4, 0.5) is 4.39 Å². The number of rotatable bonds is 9. The third-order valence-corrected chi connectivity index (χ3v) is 8.14. The van der Waals surface area contributed by atoms with Crippen molar-refractivity contribution in [3.05, 3.63) is 41.2 Å². The summed E-state index contributed by atoms with van der Waals surface area (Å²) >= 11 is 0. The maximum atomic E-state index is 13.8. The molecule has 5 nitrogen and oxygen atoms in total. The molecule has 0 unspecified atom stereocenters. The Morgan fingerprint density at radius 2 is 2.16 bits per heavy atom. The molecule has 5 rings (SSSR count). The summed E-state index contributed by atoms with van der Waals surface area (Å²) in [5.41, 5.74) is 2.32. The molecule has 0 spiro atoms. The smallest absolute Gasteiger partial charge is 0.220 e. The summed E-state index contributed by atoms with van der Waals surface area (Å²) in [7, 11) is 1.44. The van der Waals surface area contributed by atoms with Gasteiger partial charge >= 0.3 is 0 Å². The SMILES string of the molecule is COc1cc(C[C@@]2(CCC(=O)NCCC3=CC[C@H]4C[C@@H]3C4(C)C)CCC(=O)N2)ccc1F. The molecule has 4 aliphatic rings. The van der Waals surface area contributed by atoms with Crippen molar-refractivity contribution < 1.29 is 18.7 Å². The van der Waals surface area contributed by atoms with E-state index in [4.69, 9.17) is 4.74 Å². The van der Waals surface area contributed by atoms with Gasteiger partial charge in [-0.1, -0.05) is 31.6 Å². The Hall–Kier alpha value is -2.37. The number of carbonyl (C=O) groups is 2. The Kier molecular flexibility index (Phi) is 6.33. The van der Waals surface area contributed by atoms with Crippen molar-refractivity contribution in [3.8, 4) is 5.75 Å². The number of hydrogen-bond donors (Lipinski definition) is 2. The molecule has 2 N–H and O–H groups in total. The lowest BCUT2D eigenvalue weighted by molar-refractivity contribution is -0.122. The molecule has 174 valence electrons. The number of benzene rings is 1. The van der Waals surface area contributed by atoms with E-state index in [-0.39, 0.29) is 17.6 Å². The minimum atomic E-state index is -0.478. The van der Waals surface area contributed by atoms with Crippen LogP contribution in [0.2, 0.25) is 0 Å². The van der Waals surface area contributed by atoms with E-state index >= 15 is 0 Å². The molecule has 0 radical (unpaired) electrons. The second kappa shape index (κ2) is 8.87. The van der Waals surface area contributed by atoms with E-state index in [1.54, 1.807) is 12.1 Å². The van der Waals surface area contributed by atoms with Gasteiger partial charge in [0.1, 0.15) is 0 Å². The Labute approximate surface area is 190 Å². The number of methoxy groups -OCH3 is 1. The lowest BCUT2D eigenvalue weighted by Crippen LogP contribution is -2.48. The van der Waals surface area contributed by atoms with Gasteiger partial charge in [-0.3, -0.25) is 9.59 Å². The highest BCUT2D eigenvalue weighted by atomic mass is 19.1. The van der Waals surface area contributed by atoms with Gasteiger partial charge in [0.05, 0.1) is 7.11 Å². The average Bonchev–Trinajstić information content (AvgIpc) is 3.14. The van der Waals surface area contributed by atoms with Gasteiger partial charge in [0, 0.05) is 24.9 Å². The first kappa shape index (κ1) is 22.8. The van der Waals surface area contributed by atoms with Crippen LogP contribution in [0.3, 0.4) is 0 Å². The number of hydrogen-bond acceptors (Lipinski definition) is 3. The molecule has 1 heterocycles. The monoisotopic (exact) mass is 442 g/mol. The van der Waals surface area contributed by atoms with E-state index in [1.165, 1.54) is 31.6 Å². The molecule has 2 amide bonds. The summed E-state index contributed by atoms with van der Waals surface area (Å²) in [5, 5.41) is 6.16. The van der Waals surface area contributed by atoms with Crippen molar-refractivity contribution in [2.75, 3.05) is 13.7 Å². The Bertz CT molecular complexity index is 926. The van der Waals surface area contributed by atoms with Crippen molar-refractivity contribution in [2.24, 2.45) is 17.3 Å². The fraction of sp³-hybridized carbons (Fsp3) is 0.615. The average molecular weight is 443 g/mol. The number of fused-ring (bicyclic) bond motifs is 1. The molecule has 1 saturated heterocycles. The van der Waals surface area contributed by atoms with Crippen LogP contribution >= 0.6 is 0 Å². The second-order valence-corrected chi connectivity index (χ2v) is 10.4. The van der Waals surface area contributed by atoms with Crippen LogP contribution in [0.25, 0.3) is 0 Å². The van der Waals surface area contributed by atoms with Crippen molar-refractivity contribution in [1.82, 2.24) is 10.6 Å². The first-order valence-corrected chi connectivity index (χ1v) is 11.8. The zero-order chi connectivity index (χ0) is 22.9. The molecule has 1 aliphatic heterocycles. The molecule has 1 saturated carbocycles. The highest BCUT2D eigenvalue weighted by Gasteiger charge is 2.50. The largest absolute Gasteiger partial charge is 0.494 e. The first-order valence-electron chi connectivity index (χ1n) is 11.8. The number of amides is 2. The topological polar surface area (TPSA) is 67.4 Å². The van der Waals surface area contributed by atoms with Gasteiger partial charge in [0.15, 0.2) is 11.6 Å². The van der Waals surface area contributed by atoms with E-state index in [0.717, 1.165) is 17.9 Å². The number of ether oxygens (including phenoxy) is 1. The number of halogens is 1. The van der Waals surface area contributed by atoms with Crippen molar-refractivity contribution >= 4 is 11.8 Å². The molecule has 2 fully saturated rings. The van der Waals surface area contributed by atoms with E-state index in [2.05, 4.69) is 30.6 Å². The maximum Gasteiger partial charge on any atom is 0.220 e. The predicted octanol–water partition coefficient (Wildman–Crippen LogP) is 4.30. The molecule has 3 atom stereocenters. The molecule has 1 aromatic carbocycles. The van der Waals surface area contributed by atoms with Gasteiger partial charge in [-0.05, 0) is 73.5 Å². The number of carbonyl (C=O) groups excluding carboxylic acids is 2. The van der Waals surface area contributed by atoms with E-state index in [9.17, 15) is 14.0 Å². The summed E-state index contributed by atoms with van der Waals surface area (Å²) < 4.78 is 18.9. The molecular formula is C26H35FN2O3. The van der Waals surface area contributed by atoms with Gasteiger partial charge in [-0.2, -0.15) is 0 Å². The van der Waals surface area contributed by atoms with Crippen LogP contribution < -0.4 is 15.4 Å². The Morgan fingerprint density at radius 3 is 2.81 bits per heavy atom. The Morgan fingerprint density at radius 1 is 1.34 bits per heavy atom. The van der Waals surface area contributed by atoms with Crippen LogP contribution in [0.1, 0.15) is 64.4 Å². The lowest BCUT2D eigenvalue weighted by atomic mass is 9.48. The van der Waals surface area contributed by atoms with Gasteiger partial charge in [0.25, 0.3) is 0 Å². The third-order valence-electron chi connectivity index (χ3n) is 8.14. The highest BCUT2D eigenvalue weighted by molar-refractivity contribution is 5.80. The highest BCUT2D eigenvalue weighted by Crippen LogP contribution is 2.59. The van der Waals surface area contributed by atoms with Crippen molar-refractivity contribution in [3.63, 3.8) is 0 Å². The summed E-state index contributed by atoms with van der Waals surface area (Å²) in [5.74, 6) is 1.30. The zero-order valence-corrected chi connectivity index (χ0v) is 19.4. The molecule has 1 aromatic rings. The molecule has 6 heteroatoms. The quantitative estimate of drug-likeness (QED) is 0.560. The van der Waals surface area contributed by atoms with Gasteiger partial charge < -0.3 is 15.4 Å². The third kappa shape index (κ3) is 4.55. The predicted molar refractivity (Wildman–Crippen MR) is 122 cm³/mol. The molecule has 2 bridgehead atoms. The lowest BCUT2D eigenvalue weighted by Gasteiger charge is -2.56. The fourth-order valence-corrected chi connectivity index (χ4v) is 5.93. The van der Waals surface area contributed by atoms with E-state index in [1.807, 2.05) is 0 Å². The molecule has 3 aliphatic carbocycles. The van der Waals surface area contributed by atoms with Crippen molar-refractivity contribution in [2.45, 2.75) is 70.8 Å². The minimum absolute atomic E-state index is 0.00476.